The van der Waals surface area contributed by atoms with Crippen LogP contribution < -0.4 is 11.1 Å². The Labute approximate surface area is 244 Å². The molecule has 1 saturated heterocycles. The number of alkyl halides is 3. The van der Waals surface area contributed by atoms with Crippen LogP contribution in [0.15, 0.2) is 47.7 Å². The first kappa shape index (κ1) is 31.9. The number of amides is 3. The summed E-state index contributed by atoms with van der Waals surface area (Å²) in [7, 11) is 0. The van der Waals surface area contributed by atoms with E-state index in [-0.39, 0.29) is 43.8 Å². The zero-order valence-electron chi connectivity index (χ0n) is 23.5. The molecule has 0 unspecified atom stereocenters. The molecule has 10 nitrogen and oxygen atoms in total. The second-order valence-corrected chi connectivity index (χ2v) is 11.1. The van der Waals surface area contributed by atoms with Gasteiger partial charge in [0.15, 0.2) is 0 Å². The number of nitrogens with zero attached hydrogens (tertiary/aromatic N) is 4. The lowest BCUT2D eigenvalue weighted by molar-refractivity contribution is -0.163. The maximum Gasteiger partial charge on any atom is 0.408 e. The molecule has 2 atom stereocenters. The zero-order valence-corrected chi connectivity index (χ0v) is 23.5. The van der Waals surface area contributed by atoms with Gasteiger partial charge in [-0.1, -0.05) is 12.1 Å². The van der Waals surface area contributed by atoms with Crippen LogP contribution in [0.25, 0.3) is 0 Å². The highest BCUT2D eigenvalue weighted by molar-refractivity contribution is 6.14. The molecule has 2 aliphatic rings. The van der Waals surface area contributed by atoms with Crippen molar-refractivity contribution in [3.63, 3.8) is 0 Å². The average Bonchev–Trinajstić information content (AvgIpc) is 3.17. The molecule has 0 bridgehead atoms. The van der Waals surface area contributed by atoms with Crippen molar-refractivity contribution < 1.29 is 41.1 Å². The van der Waals surface area contributed by atoms with Crippen LogP contribution in [0.2, 0.25) is 0 Å². The standard InChI is InChI=1S/C28H31F5N6O4/c1-26(2,34)24(41)36-21(15-43-14-17-6-7-18(29)11-20(17)30)23(40)38-10-8-27(12-19-5-3-4-9-35-19)22(13-38)37-39(25(27)42)16-28(31,32)33/h3-7,9,11,21H,8,10,12-16,34H2,1-2H3,(H,36,41)/t21-,27+/m1/s1. The van der Waals surface area contributed by atoms with E-state index in [0.29, 0.717) is 16.8 Å². The first-order valence-electron chi connectivity index (χ1n) is 13.4. The zero-order chi connectivity index (χ0) is 31.6. The number of nitrogens with one attached hydrogen (secondary N) is 1. The summed E-state index contributed by atoms with van der Waals surface area (Å²) in [5.41, 5.74) is 3.59. The fraction of sp³-hybridized carbons (Fsp3) is 0.464. The van der Waals surface area contributed by atoms with E-state index >= 15 is 0 Å². The number of piperidine rings is 1. The summed E-state index contributed by atoms with van der Waals surface area (Å²) in [6.07, 6.45) is -3.28. The van der Waals surface area contributed by atoms with E-state index in [1.54, 1.807) is 18.2 Å². The maximum absolute atomic E-state index is 14.1. The van der Waals surface area contributed by atoms with Crippen molar-refractivity contribution in [3.8, 4) is 0 Å². The van der Waals surface area contributed by atoms with E-state index in [4.69, 9.17) is 10.5 Å². The lowest BCUT2D eigenvalue weighted by Gasteiger charge is -2.39. The van der Waals surface area contributed by atoms with Gasteiger partial charge in [0.1, 0.15) is 29.6 Å². The number of rotatable bonds is 10. The lowest BCUT2D eigenvalue weighted by Crippen LogP contribution is -2.60. The molecule has 0 spiro atoms. The summed E-state index contributed by atoms with van der Waals surface area (Å²) in [4.78, 5) is 45.2. The predicted octanol–water partition coefficient (Wildman–Crippen LogP) is 2.32. The van der Waals surface area contributed by atoms with Crippen LogP contribution in [0.3, 0.4) is 0 Å². The van der Waals surface area contributed by atoms with E-state index in [9.17, 15) is 36.3 Å². The van der Waals surface area contributed by atoms with Gasteiger partial charge in [0.25, 0.3) is 5.91 Å². The number of carbonyl (C=O) groups excluding carboxylic acids is 3. The molecule has 3 N–H and O–H groups in total. The lowest BCUT2D eigenvalue weighted by atomic mass is 9.73. The quantitative estimate of drug-likeness (QED) is 0.398. The SMILES string of the molecule is CC(C)(N)C(=O)N[C@H](COCc1ccc(F)cc1F)C(=O)N1CC[C@@]2(Cc3ccccn3)C(=O)N(CC(F)(F)F)N=C2C1. The van der Waals surface area contributed by atoms with Gasteiger partial charge in [-0.15, -0.1) is 0 Å². The Morgan fingerprint density at radius 2 is 1.93 bits per heavy atom. The molecule has 1 aromatic heterocycles. The van der Waals surface area contributed by atoms with Crippen molar-refractivity contribution in [1.82, 2.24) is 20.2 Å². The number of hydrogen-bond acceptors (Lipinski definition) is 7. The Bertz CT molecular complexity index is 1400. The highest BCUT2D eigenvalue weighted by Crippen LogP contribution is 2.40. The number of ether oxygens (including phenoxy) is 1. The molecule has 1 aromatic carbocycles. The highest BCUT2D eigenvalue weighted by Gasteiger charge is 2.55. The normalized spacial score (nSPS) is 19.6. The topological polar surface area (TPSA) is 130 Å². The Morgan fingerprint density at radius 1 is 1.19 bits per heavy atom. The number of benzene rings is 1. The van der Waals surface area contributed by atoms with Crippen molar-refractivity contribution in [1.29, 1.82) is 0 Å². The molecule has 232 valence electrons. The number of hydrazone groups is 1. The number of nitrogens with two attached hydrogens (primary N) is 1. The minimum Gasteiger partial charge on any atom is -0.374 e. The molecule has 3 heterocycles. The fourth-order valence-corrected chi connectivity index (χ4v) is 4.88. The second-order valence-electron chi connectivity index (χ2n) is 11.1. The van der Waals surface area contributed by atoms with Crippen molar-refractivity contribution in [2.75, 3.05) is 26.2 Å². The minimum atomic E-state index is -4.71. The van der Waals surface area contributed by atoms with Gasteiger partial charge in [-0.3, -0.25) is 19.4 Å². The number of hydrogen-bond donors (Lipinski definition) is 2. The molecular formula is C28H31F5N6O4. The molecule has 15 heteroatoms. The number of halogens is 5. The molecule has 43 heavy (non-hydrogen) atoms. The number of aromatic nitrogens is 1. The van der Waals surface area contributed by atoms with E-state index in [2.05, 4.69) is 15.4 Å². The van der Waals surface area contributed by atoms with Gasteiger partial charge >= 0.3 is 6.18 Å². The summed E-state index contributed by atoms with van der Waals surface area (Å²) < 4.78 is 72.7. The van der Waals surface area contributed by atoms with Crippen molar-refractivity contribution >= 4 is 23.4 Å². The van der Waals surface area contributed by atoms with E-state index < -0.39 is 65.7 Å². The molecule has 0 radical (unpaired) electrons. The van der Waals surface area contributed by atoms with Crippen LogP contribution in [-0.2, 0) is 32.1 Å². The molecule has 4 rings (SSSR count). The molecule has 2 aromatic rings. The van der Waals surface area contributed by atoms with Gasteiger partial charge in [-0.25, -0.2) is 13.8 Å². The molecule has 1 fully saturated rings. The number of likely N-dealkylation sites (tertiary alicyclic amines) is 1. The Hall–Kier alpha value is -3.98. The first-order valence-corrected chi connectivity index (χ1v) is 13.4. The molecule has 0 saturated carbocycles. The van der Waals surface area contributed by atoms with Crippen LogP contribution >= 0.6 is 0 Å². The highest BCUT2D eigenvalue weighted by atomic mass is 19.4. The molecule has 3 amide bonds. The fourth-order valence-electron chi connectivity index (χ4n) is 4.88. The summed E-state index contributed by atoms with van der Waals surface area (Å²) in [6.45, 7) is 0.111. The number of pyridine rings is 1. The van der Waals surface area contributed by atoms with Crippen molar-refractivity contribution in [2.45, 2.75) is 51.1 Å². The smallest absolute Gasteiger partial charge is 0.374 e. The van der Waals surface area contributed by atoms with Crippen LogP contribution in [0.1, 0.15) is 31.5 Å². The van der Waals surface area contributed by atoms with E-state index in [1.165, 1.54) is 31.0 Å². The van der Waals surface area contributed by atoms with Gasteiger partial charge in [-0.2, -0.15) is 18.3 Å². The Morgan fingerprint density at radius 3 is 2.56 bits per heavy atom. The van der Waals surface area contributed by atoms with Crippen LogP contribution in [0, 0.1) is 17.0 Å². The number of carbonyl (C=O) groups is 3. The third-order valence-electron chi connectivity index (χ3n) is 7.18. The van der Waals surface area contributed by atoms with Gasteiger partial charge in [0.2, 0.25) is 11.8 Å². The van der Waals surface area contributed by atoms with Crippen molar-refractivity contribution in [3.05, 3.63) is 65.5 Å². The largest absolute Gasteiger partial charge is 0.408 e. The van der Waals surface area contributed by atoms with Crippen LogP contribution in [-0.4, -0.2) is 82.3 Å². The molecule has 0 aliphatic carbocycles. The first-order chi connectivity index (χ1) is 20.1. The monoisotopic (exact) mass is 610 g/mol. The van der Waals surface area contributed by atoms with E-state index in [1.807, 2.05) is 0 Å². The Balaban J connectivity index is 1.56. The summed E-state index contributed by atoms with van der Waals surface area (Å²) in [6, 6.07) is 6.56. The van der Waals surface area contributed by atoms with Gasteiger partial charge < -0.3 is 20.7 Å². The van der Waals surface area contributed by atoms with Gasteiger partial charge in [0, 0.05) is 36.5 Å². The predicted molar refractivity (Wildman–Crippen MR) is 143 cm³/mol. The van der Waals surface area contributed by atoms with Crippen LogP contribution in [0.4, 0.5) is 22.0 Å². The van der Waals surface area contributed by atoms with Crippen LogP contribution in [0.5, 0.6) is 0 Å². The average molecular weight is 611 g/mol. The molecular weight excluding hydrogens is 579 g/mol. The number of fused-ring (bicyclic) bond motifs is 1. The molecule has 2 aliphatic heterocycles. The third-order valence-corrected chi connectivity index (χ3v) is 7.18. The van der Waals surface area contributed by atoms with Gasteiger partial charge in [0.05, 0.1) is 31.0 Å². The summed E-state index contributed by atoms with van der Waals surface area (Å²) in [5.74, 6) is -3.85. The van der Waals surface area contributed by atoms with Gasteiger partial charge in [-0.05, 0) is 38.5 Å². The minimum absolute atomic E-state index is 0.0129. The Kier molecular flexibility index (Phi) is 9.16. The second kappa shape index (κ2) is 12.3. The summed E-state index contributed by atoms with van der Waals surface area (Å²) >= 11 is 0. The third kappa shape index (κ3) is 7.51. The maximum atomic E-state index is 14.1. The summed E-state index contributed by atoms with van der Waals surface area (Å²) in [5, 5.41) is 6.89. The van der Waals surface area contributed by atoms with Crippen molar-refractivity contribution in [2.24, 2.45) is 16.3 Å². The van der Waals surface area contributed by atoms with E-state index in [0.717, 1.165) is 6.07 Å².